The van der Waals surface area contributed by atoms with E-state index in [1.54, 1.807) is 13.8 Å². The zero-order chi connectivity index (χ0) is 10.7. The highest BCUT2D eigenvalue weighted by Gasteiger charge is 2.29. The van der Waals surface area contributed by atoms with Crippen LogP contribution in [0.2, 0.25) is 0 Å². The molecular formula is C14H40B2O3. The van der Waals surface area contributed by atoms with Crippen LogP contribution in [0.15, 0.2) is 0 Å². The molecule has 3 nitrogen and oxygen atoms in total. The Morgan fingerprint density at radius 3 is 1.32 bits per heavy atom. The average Bonchev–Trinajstić information content (AvgIpc) is 1.81. The molecule has 0 N–H and O–H groups in total. The summed E-state index contributed by atoms with van der Waals surface area (Å²) in [5, 5.41) is 0. The van der Waals surface area contributed by atoms with Crippen molar-refractivity contribution in [1.29, 1.82) is 0 Å². The normalized spacial score (nSPS) is 14.4. The van der Waals surface area contributed by atoms with Crippen molar-refractivity contribution in [3.63, 3.8) is 0 Å². The first-order valence-corrected chi connectivity index (χ1v) is 4.19. The van der Waals surface area contributed by atoms with Gasteiger partial charge in [0.15, 0.2) is 15.7 Å². The number of methoxy groups -OCH3 is 1. The Morgan fingerprint density at radius 1 is 0.789 bits per heavy atom. The van der Waals surface area contributed by atoms with E-state index in [2.05, 4.69) is 0 Å². The second-order valence-corrected chi connectivity index (χ2v) is 3.50. The molecule has 0 aliphatic rings. The zero-order valence-corrected chi connectivity index (χ0v) is 8.96. The first-order valence-electron chi connectivity index (χ1n) is 4.19. The van der Waals surface area contributed by atoms with Crippen molar-refractivity contribution in [2.24, 2.45) is 0 Å². The number of rotatable bonds is 5. The summed E-state index contributed by atoms with van der Waals surface area (Å²) >= 11 is 0. The molecule has 0 spiro atoms. The molecule has 19 heavy (non-hydrogen) atoms. The lowest BCUT2D eigenvalue weighted by Gasteiger charge is -2.37. The van der Waals surface area contributed by atoms with Crippen molar-refractivity contribution in [2.45, 2.75) is 89.7 Å². The van der Waals surface area contributed by atoms with E-state index in [0.717, 1.165) is 0 Å². The van der Waals surface area contributed by atoms with Crippen LogP contribution >= 0.6 is 0 Å². The zero-order valence-electron chi connectivity index (χ0n) is 8.96. The van der Waals surface area contributed by atoms with E-state index in [-0.39, 0.29) is 50.7 Å². The minimum Gasteiger partial charge on any atom is -0.363 e. The predicted molar refractivity (Wildman–Crippen MR) is 93.0 cm³/mol. The number of hydrogen-bond acceptors (Lipinski definition) is 3. The number of ether oxygens (including phenoxy) is 3. The third-order valence-electron chi connectivity index (χ3n) is 1.28. The molecule has 2 unspecified atom stereocenters. The summed E-state index contributed by atoms with van der Waals surface area (Å²) in [5.41, 5.74) is -2.48. The van der Waals surface area contributed by atoms with Crippen molar-refractivity contribution in [2.75, 3.05) is 7.11 Å². The van der Waals surface area contributed by atoms with Gasteiger partial charge in [-0.1, -0.05) is 44.6 Å². The summed E-state index contributed by atoms with van der Waals surface area (Å²) in [5.74, 6) is 0. The fourth-order valence-corrected chi connectivity index (χ4v) is 0.936. The SMILES string of the molecule is C.C.C.C.C.C.[B]C(C)(OC)OC([B])(C)OC(C)C. The quantitative estimate of drug-likeness (QED) is 0.544. The van der Waals surface area contributed by atoms with Gasteiger partial charge in [-0.25, -0.2) is 0 Å². The Balaban J connectivity index is -0.0000000480. The maximum atomic E-state index is 5.67. The minimum absolute atomic E-state index is 0. The van der Waals surface area contributed by atoms with Crippen molar-refractivity contribution < 1.29 is 14.2 Å². The summed E-state index contributed by atoms with van der Waals surface area (Å²) in [4.78, 5) is 0. The average molecular weight is 278 g/mol. The molecule has 0 bridgehead atoms. The van der Waals surface area contributed by atoms with Crippen molar-refractivity contribution >= 4 is 15.7 Å². The van der Waals surface area contributed by atoms with Crippen LogP contribution < -0.4 is 0 Å². The maximum Gasteiger partial charge on any atom is 0.154 e. The van der Waals surface area contributed by atoms with E-state index in [9.17, 15) is 0 Å². The van der Waals surface area contributed by atoms with Crippen LogP contribution in [-0.4, -0.2) is 40.3 Å². The third-order valence-corrected chi connectivity index (χ3v) is 1.28. The minimum atomic E-state index is -1.24. The lowest BCUT2D eigenvalue weighted by atomic mass is 9.91. The second kappa shape index (κ2) is 16.1. The molecule has 0 aromatic heterocycles. The van der Waals surface area contributed by atoms with Crippen LogP contribution in [0, 0.1) is 0 Å². The van der Waals surface area contributed by atoms with Gasteiger partial charge in [-0.3, -0.25) is 0 Å². The fraction of sp³-hybridized carbons (Fsp3) is 1.00. The van der Waals surface area contributed by atoms with Crippen molar-refractivity contribution in [3.8, 4) is 0 Å². The molecule has 4 radical (unpaired) electrons. The Labute approximate surface area is 127 Å². The van der Waals surface area contributed by atoms with E-state index >= 15 is 0 Å². The largest absolute Gasteiger partial charge is 0.363 e. The smallest absolute Gasteiger partial charge is 0.154 e. The summed E-state index contributed by atoms with van der Waals surface area (Å²) in [7, 11) is 12.7. The van der Waals surface area contributed by atoms with Crippen molar-refractivity contribution in [3.05, 3.63) is 0 Å². The van der Waals surface area contributed by atoms with Gasteiger partial charge in [-0.2, -0.15) is 0 Å². The molecule has 0 fully saturated rings. The topological polar surface area (TPSA) is 27.7 Å². The molecule has 0 aliphatic carbocycles. The lowest BCUT2D eigenvalue weighted by molar-refractivity contribution is -0.279. The molecule has 0 aromatic carbocycles. The molecular weight excluding hydrogens is 238 g/mol. The molecule has 0 heterocycles. The summed E-state index contributed by atoms with van der Waals surface area (Å²) in [6, 6.07) is 0. The van der Waals surface area contributed by atoms with Gasteiger partial charge in [-0.05, 0) is 27.7 Å². The fourth-order valence-electron chi connectivity index (χ4n) is 0.936. The predicted octanol–water partition coefficient (Wildman–Crippen LogP) is 4.58. The second-order valence-electron chi connectivity index (χ2n) is 3.50. The molecule has 0 saturated carbocycles. The monoisotopic (exact) mass is 278 g/mol. The van der Waals surface area contributed by atoms with E-state index in [1.807, 2.05) is 13.8 Å². The van der Waals surface area contributed by atoms with E-state index < -0.39 is 11.4 Å². The molecule has 0 rings (SSSR count). The number of hydrogen-bond donors (Lipinski definition) is 0. The van der Waals surface area contributed by atoms with Gasteiger partial charge in [0, 0.05) is 7.11 Å². The van der Waals surface area contributed by atoms with Crippen LogP contribution in [0.3, 0.4) is 0 Å². The maximum absolute atomic E-state index is 5.67. The van der Waals surface area contributed by atoms with Gasteiger partial charge in [0.2, 0.25) is 0 Å². The summed E-state index contributed by atoms with van der Waals surface area (Å²) in [6.07, 6.45) is -0.0392. The van der Waals surface area contributed by atoms with Gasteiger partial charge >= 0.3 is 0 Å². The molecule has 2 atom stereocenters. The van der Waals surface area contributed by atoms with Gasteiger partial charge in [0.25, 0.3) is 0 Å². The van der Waals surface area contributed by atoms with Crippen LogP contribution in [-0.2, 0) is 14.2 Å². The molecule has 120 valence electrons. The van der Waals surface area contributed by atoms with Crippen LogP contribution in [0.25, 0.3) is 0 Å². The standard InChI is InChI=1S/C8H16B2O3.6CH4/c1-6(2)12-8(4,10)13-7(3,9)11-5;;;;;;/h6H,1-5H3;6*1H4. The highest BCUT2D eigenvalue weighted by molar-refractivity contribution is 6.15. The molecule has 0 aliphatic heterocycles. The van der Waals surface area contributed by atoms with Gasteiger partial charge in [0.1, 0.15) is 11.4 Å². The van der Waals surface area contributed by atoms with Gasteiger partial charge in [-0.15, -0.1) is 0 Å². The van der Waals surface area contributed by atoms with E-state index in [1.165, 1.54) is 7.11 Å². The Hall–Kier alpha value is 0.00987. The highest BCUT2D eigenvalue weighted by atomic mass is 16.8. The Bertz CT molecular complexity index is 161. The lowest BCUT2D eigenvalue weighted by Crippen LogP contribution is -2.46. The van der Waals surface area contributed by atoms with Crippen molar-refractivity contribution in [1.82, 2.24) is 0 Å². The van der Waals surface area contributed by atoms with E-state index in [0.29, 0.717) is 0 Å². The van der Waals surface area contributed by atoms with Crippen LogP contribution in [0.4, 0.5) is 0 Å². The van der Waals surface area contributed by atoms with Gasteiger partial charge in [0.05, 0.1) is 6.10 Å². The Morgan fingerprint density at radius 2 is 1.11 bits per heavy atom. The molecule has 0 saturated heterocycles. The summed E-state index contributed by atoms with van der Waals surface area (Å²) in [6.45, 7) is 6.85. The summed E-state index contributed by atoms with van der Waals surface area (Å²) < 4.78 is 15.3. The first-order chi connectivity index (χ1) is 5.68. The molecule has 5 heteroatoms. The van der Waals surface area contributed by atoms with Crippen LogP contribution in [0.1, 0.15) is 72.3 Å². The van der Waals surface area contributed by atoms with E-state index in [4.69, 9.17) is 29.9 Å². The molecule has 0 aromatic rings. The molecule has 0 amide bonds. The highest BCUT2D eigenvalue weighted by Crippen LogP contribution is 2.18. The first kappa shape index (κ1) is 42.7. The third kappa shape index (κ3) is 23.5. The van der Waals surface area contributed by atoms with Crippen LogP contribution in [0.5, 0.6) is 0 Å². The van der Waals surface area contributed by atoms with Gasteiger partial charge < -0.3 is 14.2 Å². The Kier molecular flexibility index (Phi) is 36.1.